The van der Waals surface area contributed by atoms with Gasteiger partial charge in [0.25, 0.3) is 0 Å². The van der Waals surface area contributed by atoms with E-state index in [1.165, 1.54) is 23.5 Å². The summed E-state index contributed by atoms with van der Waals surface area (Å²) in [5.74, 6) is -0.594. The van der Waals surface area contributed by atoms with E-state index in [0.717, 1.165) is 5.56 Å². The van der Waals surface area contributed by atoms with Gasteiger partial charge in [0.15, 0.2) is 0 Å². The maximum atomic E-state index is 13.0. The molecule has 2 atom stereocenters. The van der Waals surface area contributed by atoms with E-state index in [2.05, 4.69) is 15.6 Å². The number of aromatic nitrogens is 1. The van der Waals surface area contributed by atoms with Gasteiger partial charge in [-0.1, -0.05) is 0 Å². The molecule has 10 heteroatoms. The van der Waals surface area contributed by atoms with Gasteiger partial charge in [0, 0.05) is 32.0 Å². The Bertz CT molecular complexity index is 1030. The third-order valence-corrected chi connectivity index (χ3v) is 7.30. The zero-order valence-corrected chi connectivity index (χ0v) is 19.0. The van der Waals surface area contributed by atoms with Gasteiger partial charge in [-0.25, -0.2) is 8.42 Å². The topological polar surface area (TPSA) is 118 Å². The van der Waals surface area contributed by atoms with Gasteiger partial charge in [0.2, 0.25) is 21.8 Å². The van der Waals surface area contributed by atoms with E-state index in [4.69, 9.17) is 4.74 Å². The van der Waals surface area contributed by atoms with Gasteiger partial charge in [-0.2, -0.15) is 4.31 Å². The molecule has 1 aromatic carbocycles. The molecule has 3 rings (SSSR count). The minimum atomic E-state index is -3.72. The molecule has 1 aliphatic heterocycles. The number of benzene rings is 1. The van der Waals surface area contributed by atoms with E-state index in [9.17, 15) is 18.0 Å². The summed E-state index contributed by atoms with van der Waals surface area (Å²) in [7, 11) is -2.21. The van der Waals surface area contributed by atoms with Gasteiger partial charge in [0.05, 0.1) is 17.9 Å². The summed E-state index contributed by atoms with van der Waals surface area (Å²) in [5.41, 5.74) is 0.901. The Hall–Kier alpha value is -2.98. The first-order chi connectivity index (χ1) is 15.3. The predicted octanol–water partition coefficient (Wildman–Crippen LogP) is 1.31. The van der Waals surface area contributed by atoms with Crippen LogP contribution in [0.4, 0.5) is 0 Å². The number of rotatable bonds is 8. The van der Waals surface area contributed by atoms with E-state index in [1.807, 2.05) is 0 Å². The number of carbonyl (C=O) groups excluding carboxylic acids is 2. The number of nitrogens with zero attached hydrogens (tertiary/aromatic N) is 2. The number of methoxy groups -OCH3 is 1. The van der Waals surface area contributed by atoms with Crippen LogP contribution in [0.3, 0.4) is 0 Å². The Morgan fingerprint density at radius 3 is 2.53 bits per heavy atom. The van der Waals surface area contributed by atoms with Gasteiger partial charge >= 0.3 is 0 Å². The van der Waals surface area contributed by atoms with E-state index < -0.39 is 22.0 Å². The van der Waals surface area contributed by atoms with Crippen LogP contribution in [-0.2, 0) is 26.2 Å². The summed E-state index contributed by atoms with van der Waals surface area (Å²) in [6.45, 7) is 2.36. The lowest BCUT2D eigenvalue weighted by atomic mass is 9.98. The second-order valence-electron chi connectivity index (χ2n) is 7.68. The van der Waals surface area contributed by atoms with Crippen molar-refractivity contribution in [3.8, 4) is 5.75 Å². The lowest BCUT2D eigenvalue weighted by molar-refractivity contribution is -0.131. The molecular weight excluding hydrogens is 432 g/mol. The van der Waals surface area contributed by atoms with Crippen LogP contribution in [0.1, 0.15) is 25.3 Å². The first-order valence-corrected chi connectivity index (χ1v) is 11.9. The lowest BCUT2D eigenvalue weighted by Gasteiger charge is -2.31. The molecular formula is C22H28N4O5S. The van der Waals surface area contributed by atoms with Gasteiger partial charge in [-0.3, -0.25) is 14.6 Å². The fourth-order valence-corrected chi connectivity index (χ4v) is 5.04. The first kappa shape index (κ1) is 23.7. The van der Waals surface area contributed by atoms with Crippen LogP contribution in [0.25, 0.3) is 0 Å². The number of ether oxygens (including phenoxy) is 1. The molecule has 32 heavy (non-hydrogen) atoms. The van der Waals surface area contributed by atoms with E-state index >= 15 is 0 Å². The SMILES string of the molecule is COc1ccc(S(=O)(=O)N2CCC[C@H](C(=O)N[C@@H](C)C(=O)NCc3ccncc3)C2)cc1. The summed E-state index contributed by atoms with van der Waals surface area (Å²) in [6, 6.07) is 9.02. The highest BCUT2D eigenvalue weighted by Crippen LogP contribution is 2.25. The van der Waals surface area contributed by atoms with Crippen molar-refractivity contribution in [2.45, 2.75) is 37.2 Å². The third kappa shape index (κ3) is 5.83. The van der Waals surface area contributed by atoms with Crippen molar-refractivity contribution in [3.63, 3.8) is 0 Å². The molecule has 1 aromatic heterocycles. The van der Waals surface area contributed by atoms with Crippen molar-refractivity contribution in [3.05, 3.63) is 54.4 Å². The number of hydrogen-bond donors (Lipinski definition) is 2. The van der Waals surface area contributed by atoms with Crippen LogP contribution in [0.15, 0.2) is 53.7 Å². The molecule has 0 bridgehead atoms. The molecule has 2 amide bonds. The molecule has 1 aliphatic rings. The molecule has 0 aliphatic carbocycles. The van der Waals surface area contributed by atoms with Crippen molar-refractivity contribution in [2.75, 3.05) is 20.2 Å². The molecule has 172 valence electrons. The Morgan fingerprint density at radius 2 is 1.88 bits per heavy atom. The smallest absolute Gasteiger partial charge is 0.243 e. The molecule has 2 N–H and O–H groups in total. The van der Waals surface area contributed by atoms with Crippen molar-refractivity contribution in [2.24, 2.45) is 5.92 Å². The number of pyridine rings is 1. The van der Waals surface area contributed by atoms with Gasteiger partial charge in [-0.05, 0) is 61.7 Å². The minimum absolute atomic E-state index is 0.0750. The minimum Gasteiger partial charge on any atom is -0.497 e. The Morgan fingerprint density at radius 1 is 1.19 bits per heavy atom. The molecule has 1 fully saturated rings. The molecule has 2 heterocycles. The number of amides is 2. The summed E-state index contributed by atoms with van der Waals surface area (Å²) >= 11 is 0. The molecule has 2 aromatic rings. The van der Waals surface area contributed by atoms with E-state index in [0.29, 0.717) is 31.7 Å². The average Bonchev–Trinajstić information content (AvgIpc) is 2.83. The fourth-order valence-electron chi connectivity index (χ4n) is 3.51. The predicted molar refractivity (Wildman–Crippen MR) is 118 cm³/mol. The second-order valence-corrected chi connectivity index (χ2v) is 9.62. The number of piperidine rings is 1. The summed E-state index contributed by atoms with van der Waals surface area (Å²) in [5, 5.41) is 5.48. The Labute approximate surface area is 188 Å². The zero-order valence-electron chi connectivity index (χ0n) is 18.2. The largest absolute Gasteiger partial charge is 0.497 e. The van der Waals surface area contributed by atoms with Crippen LogP contribution in [-0.4, -0.2) is 55.8 Å². The molecule has 0 saturated carbocycles. The summed E-state index contributed by atoms with van der Waals surface area (Å²) in [4.78, 5) is 29.2. The monoisotopic (exact) mass is 460 g/mol. The van der Waals surface area contributed by atoms with Crippen molar-refractivity contribution >= 4 is 21.8 Å². The number of hydrogen-bond acceptors (Lipinski definition) is 6. The number of nitrogens with one attached hydrogen (secondary N) is 2. The lowest BCUT2D eigenvalue weighted by Crippen LogP contribution is -2.50. The molecule has 0 spiro atoms. The van der Waals surface area contributed by atoms with E-state index in [1.54, 1.807) is 43.6 Å². The number of carbonyl (C=O) groups is 2. The number of sulfonamides is 1. The second kappa shape index (κ2) is 10.6. The van der Waals surface area contributed by atoms with Crippen LogP contribution >= 0.6 is 0 Å². The fraction of sp³-hybridized carbons (Fsp3) is 0.409. The van der Waals surface area contributed by atoms with Crippen molar-refractivity contribution in [1.29, 1.82) is 0 Å². The highest BCUT2D eigenvalue weighted by Gasteiger charge is 2.34. The van der Waals surface area contributed by atoms with E-state index in [-0.39, 0.29) is 23.3 Å². The third-order valence-electron chi connectivity index (χ3n) is 5.42. The van der Waals surface area contributed by atoms with Crippen molar-refractivity contribution in [1.82, 2.24) is 19.9 Å². The standard InChI is InChI=1S/C22H28N4O5S/c1-16(21(27)24-14-17-9-11-23-12-10-17)25-22(28)18-4-3-13-26(15-18)32(29,30)20-7-5-19(31-2)6-8-20/h5-12,16,18H,3-4,13-15H2,1-2H3,(H,24,27)(H,25,28)/t16-,18-/m0/s1. The molecule has 1 saturated heterocycles. The maximum absolute atomic E-state index is 13.0. The maximum Gasteiger partial charge on any atom is 0.243 e. The van der Waals surface area contributed by atoms with Crippen LogP contribution < -0.4 is 15.4 Å². The highest BCUT2D eigenvalue weighted by atomic mass is 32.2. The zero-order chi connectivity index (χ0) is 23.1. The highest BCUT2D eigenvalue weighted by molar-refractivity contribution is 7.89. The molecule has 9 nitrogen and oxygen atoms in total. The average molecular weight is 461 g/mol. The molecule has 0 radical (unpaired) electrons. The normalized spacial score (nSPS) is 17.9. The Balaban J connectivity index is 1.56. The first-order valence-electron chi connectivity index (χ1n) is 10.4. The van der Waals surface area contributed by atoms with Crippen molar-refractivity contribution < 1.29 is 22.7 Å². The van der Waals surface area contributed by atoms with Crippen LogP contribution in [0.2, 0.25) is 0 Å². The van der Waals surface area contributed by atoms with Gasteiger partial charge in [0.1, 0.15) is 11.8 Å². The summed E-state index contributed by atoms with van der Waals surface area (Å²) < 4.78 is 32.4. The van der Waals surface area contributed by atoms with Crippen LogP contribution in [0, 0.1) is 5.92 Å². The van der Waals surface area contributed by atoms with Gasteiger partial charge in [-0.15, -0.1) is 0 Å². The molecule has 0 unspecified atom stereocenters. The van der Waals surface area contributed by atoms with Gasteiger partial charge < -0.3 is 15.4 Å². The van der Waals surface area contributed by atoms with Crippen LogP contribution in [0.5, 0.6) is 5.75 Å². The summed E-state index contributed by atoms with van der Waals surface area (Å²) in [6.07, 6.45) is 4.41. The Kier molecular flexibility index (Phi) is 7.81. The quantitative estimate of drug-likeness (QED) is 0.613.